The number of hydrogen-bond donors (Lipinski definition) is 0. The van der Waals surface area contributed by atoms with Crippen LogP contribution in [0.3, 0.4) is 0 Å². The van der Waals surface area contributed by atoms with Crippen molar-refractivity contribution >= 4 is 0 Å². The summed E-state index contributed by atoms with van der Waals surface area (Å²) in [6.45, 7) is 6.47. The third-order valence-electron chi connectivity index (χ3n) is 4.52. The average Bonchev–Trinajstić information content (AvgIpc) is 2.33. The summed E-state index contributed by atoms with van der Waals surface area (Å²) in [5, 5.41) is 9.23. The van der Waals surface area contributed by atoms with Gasteiger partial charge in [0.2, 0.25) is 0 Å². The molecule has 1 saturated carbocycles. The van der Waals surface area contributed by atoms with Gasteiger partial charge in [-0.25, -0.2) is 0 Å². The van der Waals surface area contributed by atoms with Gasteiger partial charge in [-0.1, -0.05) is 20.8 Å². The van der Waals surface area contributed by atoms with Gasteiger partial charge in [0.15, 0.2) is 0 Å². The van der Waals surface area contributed by atoms with Crippen molar-refractivity contribution in [2.24, 2.45) is 17.3 Å². The lowest BCUT2D eigenvalue weighted by Crippen LogP contribution is -2.45. The van der Waals surface area contributed by atoms with E-state index in [0.29, 0.717) is 5.92 Å². The molecule has 0 amide bonds. The molecule has 116 valence electrons. The van der Waals surface area contributed by atoms with Crippen LogP contribution in [0.25, 0.3) is 0 Å². The largest absolute Gasteiger partial charge is 0.390 e. The Morgan fingerprint density at radius 1 is 1.20 bits per heavy atom. The smallest absolute Gasteiger partial charge is 0.302 e. The molecular weight excluding hydrogens is 265 g/mol. The van der Waals surface area contributed by atoms with Gasteiger partial charge in [0.25, 0.3) is 0 Å². The summed E-state index contributed by atoms with van der Waals surface area (Å²) in [6, 6.07) is 2.23. The molecule has 0 bridgehead atoms. The van der Waals surface area contributed by atoms with Crippen LogP contribution in [0.15, 0.2) is 0 Å². The van der Waals surface area contributed by atoms with E-state index in [-0.39, 0.29) is 23.9 Å². The predicted octanol–water partition coefficient (Wildman–Crippen LogP) is 4.23. The highest BCUT2D eigenvalue weighted by Gasteiger charge is 2.38. The molecule has 1 fully saturated rings. The first-order valence-electron chi connectivity index (χ1n) is 7.21. The van der Waals surface area contributed by atoms with Crippen molar-refractivity contribution in [1.29, 1.82) is 5.26 Å². The van der Waals surface area contributed by atoms with Crippen LogP contribution in [0.2, 0.25) is 0 Å². The van der Waals surface area contributed by atoms with Crippen LogP contribution >= 0.6 is 0 Å². The molecule has 1 rings (SSSR count). The maximum atomic E-state index is 12.3. The van der Waals surface area contributed by atoms with Gasteiger partial charge in [-0.3, -0.25) is 0 Å². The minimum absolute atomic E-state index is 0.0246. The molecule has 0 saturated heterocycles. The van der Waals surface area contributed by atoms with E-state index in [2.05, 4.69) is 26.8 Å². The van der Waals surface area contributed by atoms with Crippen LogP contribution in [0.4, 0.5) is 13.2 Å². The predicted molar refractivity (Wildman–Crippen MR) is 73.0 cm³/mol. The molecule has 0 aliphatic heterocycles. The molecule has 0 N–H and O–H groups in total. The maximum absolute atomic E-state index is 12.3. The van der Waals surface area contributed by atoms with Gasteiger partial charge in [0, 0.05) is 12.6 Å². The van der Waals surface area contributed by atoms with Gasteiger partial charge in [-0.2, -0.15) is 18.4 Å². The normalized spacial score (nSPS) is 28.4. The van der Waals surface area contributed by atoms with Crippen molar-refractivity contribution in [3.05, 3.63) is 0 Å². The summed E-state index contributed by atoms with van der Waals surface area (Å²) in [6.07, 6.45) is -2.34. The topological polar surface area (TPSA) is 27.0 Å². The highest BCUT2D eigenvalue weighted by Crippen LogP contribution is 2.41. The van der Waals surface area contributed by atoms with E-state index in [4.69, 9.17) is 0 Å². The Morgan fingerprint density at radius 3 is 2.25 bits per heavy atom. The first-order valence-corrected chi connectivity index (χ1v) is 7.21. The maximum Gasteiger partial charge on any atom is 0.390 e. The molecule has 3 unspecified atom stereocenters. The zero-order valence-electron chi connectivity index (χ0n) is 12.8. The number of rotatable bonds is 3. The van der Waals surface area contributed by atoms with Crippen LogP contribution in [0, 0.1) is 28.6 Å². The van der Waals surface area contributed by atoms with Crippen molar-refractivity contribution in [1.82, 2.24) is 4.90 Å². The molecule has 0 aromatic carbocycles. The minimum atomic E-state index is -4.13. The van der Waals surface area contributed by atoms with Crippen LogP contribution in [0.5, 0.6) is 0 Å². The molecule has 0 radical (unpaired) electrons. The van der Waals surface area contributed by atoms with E-state index in [0.717, 1.165) is 19.3 Å². The molecule has 5 heteroatoms. The van der Waals surface area contributed by atoms with Crippen LogP contribution in [-0.4, -0.2) is 30.7 Å². The van der Waals surface area contributed by atoms with E-state index in [1.807, 2.05) is 0 Å². The number of nitrogens with zero attached hydrogens (tertiary/aromatic N) is 2. The Bertz CT molecular complexity index is 352. The standard InChI is InChI=1S/C15H25F3N2/c1-14(2,3)12-6-5-11(10-19)13(9-12)20(4)8-7-15(16,17)18/h11-13H,5-9H2,1-4H3. The minimum Gasteiger partial charge on any atom is -0.302 e. The SMILES string of the molecule is CN(CCC(F)(F)F)C1CC(C(C)(C)C)CCC1C#N. The molecule has 20 heavy (non-hydrogen) atoms. The van der Waals surface area contributed by atoms with Crippen LogP contribution in [-0.2, 0) is 0 Å². The number of hydrogen-bond acceptors (Lipinski definition) is 2. The molecule has 0 heterocycles. The number of alkyl halides is 3. The third kappa shape index (κ3) is 4.97. The van der Waals surface area contributed by atoms with E-state index in [1.165, 1.54) is 0 Å². The zero-order valence-corrected chi connectivity index (χ0v) is 12.8. The van der Waals surface area contributed by atoms with Crippen molar-refractivity contribution in [2.45, 2.75) is 58.7 Å². The third-order valence-corrected chi connectivity index (χ3v) is 4.52. The molecule has 0 spiro atoms. The van der Waals surface area contributed by atoms with E-state index in [9.17, 15) is 18.4 Å². The molecule has 0 aromatic rings. The van der Waals surface area contributed by atoms with Gasteiger partial charge in [0.1, 0.15) is 0 Å². The summed E-state index contributed by atoms with van der Waals surface area (Å²) in [4.78, 5) is 1.74. The van der Waals surface area contributed by atoms with Crippen LogP contribution < -0.4 is 0 Å². The van der Waals surface area contributed by atoms with Crippen LogP contribution in [0.1, 0.15) is 46.5 Å². The first kappa shape index (κ1) is 17.3. The van der Waals surface area contributed by atoms with Crippen molar-refractivity contribution in [3.63, 3.8) is 0 Å². The second-order valence-electron chi connectivity index (χ2n) is 7.02. The van der Waals surface area contributed by atoms with E-state index < -0.39 is 12.6 Å². The first-order chi connectivity index (χ1) is 9.04. The zero-order chi connectivity index (χ0) is 15.6. The van der Waals surface area contributed by atoms with E-state index >= 15 is 0 Å². The fourth-order valence-electron chi connectivity index (χ4n) is 3.04. The second-order valence-corrected chi connectivity index (χ2v) is 7.02. The molecular formula is C15H25F3N2. The molecule has 1 aliphatic rings. The Hall–Kier alpha value is -0.760. The highest BCUT2D eigenvalue weighted by atomic mass is 19.4. The summed E-state index contributed by atoms with van der Waals surface area (Å²) >= 11 is 0. The lowest BCUT2D eigenvalue weighted by atomic mass is 9.68. The number of nitriles is 1. The second kappa shape index (κ2) is 6.34. The molecule has 1 aliphatic carbocycles. The summed E-state index contributed by atoms with van der Waals surface area (Å²) in [7, 11) is 1.71. The van der Waals surface area contributed by atoms with E-state index in [1.54, 1.807) is 11.9 Å². The lowest BCUT2D eigenvalue weighted by Gasteiger charge is -2.43. The van der Waals surface area contributed by atoms with Gasteiger partial charge < -0.3 is 4.90 Å². The van der Waals surface area contributed by atoms with Gasteiger partial charge >= 0.3 is 6.18 Å². The summed E-state index contributed by atoms with van der Waals surface area (Å²) < 4.78 is 37.0. The van der Waals surface area contributed by atoms with Crippen molar-refractivity contribution in [3.8, 4) is 6.07 Å². The Labute approximate surface area is 119 Å². The fraction of sp³-hybridized carbons (Fsp3) is 0.933. The van der Waals surface area contributed by atoms with Gasteiger partial charge in [-0.15, -0.1) is 0 Å². The number of halogens is 3. The Kier molecular flexibility index (Phi) is 5.48. The highest BCUT2D eigenvalue weighted by molar-refractivity contribution is 4.98. The Morgan fingerprint density at radius 2 is 1.80 bits per heavy atom. The monoisotopic (exact) mass is 290 g/mol. The summed E-state index contributed by atoms with van der Waals surface area (Å²) in [5.41, 5.74) is 0.142. The average molecular weight is 290 g/mol. The quantitative estimate of drug-likeness (QED) is 0.778. The molecule has 3 atom stereocenters. The van der Waals surface area contributed by atoms with Crippen molar-refractivity contribution in [2.75, 3.05) is 13.6 Å². The molecule has 2 nitrogen and oxygen atoms in total. The lowest BCUT2D eigenvalue weighted by molar-refractivity contribution is -0.139. The fourth-order valence-corrected chi connectivity index (χ4v) is 3.04. The summed E-state index contributed by atoms with van der Waals surface area (Å²) in [5.74, 6) is 0.317. The molecule has 0 aromatic heterocycles. The Balaban J connectivity index is 2.69. The van der Waals surface area contributed by atoms with Gasteiger partial charge in [-0.05, 0) is 37.6 Å². The van der Waals surface area contributed by atoms with Gasteiger partial charge in [0.05, 0.1) is 18.4 Å². The van der Waals surface area contributed by atoms with Crippen molar-refractivity contribution < 1.29 is 13.2 Å².